The van der Waals surface area contributed by atoms with Crippen LogP contribution < -0.4 is 11.3 Å². The van der Waals surface area contributed by atoms with Crippen LogP contribution in [0.2, 0.25) is 0 Å². The smallest absolute Gasteiger partial charge is 0.171 e. The van der Waals surface area contributed by atoms with Crippen molar-refractivity contribution in [3.63, 3.8) is 0 Å². The summed E-state index contributed by atoms with van der Waals surface area (Å²) in [7, 11) is 0. The van der Waals surface area contributed by atoms with Crippen molar-refractivity contribution in [3.8, 4) is 17.9 Å². The van der Waals surface area contributed by atoms with E-state index < -0.39 is 11.8 Å². The van der Waals surface area contributed by atoms with Crippen molar-refractivity contribution in [2.75, 3.05) is 6.54 Å². The molecule has 0 heterocycles. The molecule has 0 aromatic heterocycles. The molecular weight excluding hydrogens is 331 g/mol. The zero-order chi connectivity index (χ0) is 19.6. The van der Waals surface area contributed by atoms with Gasteiger partial charge in [0.05, 0.1) is 11.8 Å². The Kier molecular flexibility index (Phi) is 8.67. The fourth-order valence-corrected chi connectivity index (χ4v) is 2.29. The first-order valence-electron chi connectivity index (χ1n) is 8.31. The van der Waals surface area contributed by atoms with Crippen molar-refractivity contribution in [1.29, 1.82) is 10.7 Å². The highest BCUT2D eigenvalue weighted by Crippen LogP contribution is 2.17. The van der Waals surface area contributed by atoms with Gasteiger partial charge in [-0.15, -0.1) is 0 Å². The minimum Gasteiger partial charge on any atom is -0.385 e. The van der Waals surface area contributed by atoms with Crippen LogP contribution in [0.5, 0.6) is 0 Å². The van der Waals surface area contributed by atoms with E-state index in [0.717, 1.165) is 6.42 Å². The molecule has 5 N–H and O–H groups in total. The van der Waals surface area contributed by atoms with Crippen LogP contribution in [0, 0.1) is 34.5 Å². The molecule has 26 heavy (non-hydrogen) atoms. The minimum absolute atomic E-state index is 0.130. The predicted molar refractivity (Wildman–Crippen MR) is 102 cm³/mol. The number of hydrogen-bond donors (Lipinski definition) is 4. The normalized spacial score (nSPS) is 20.1. The Bertz CT molecular complexity index is 716. The number of nitrogens with zero attached hydrogens (tertiary/aromatic N) is 1. The van der Waals surface area contributed by atoms with Crippen LogP contribution in [0.3, 0.4) is 0 Å². The first-order valence-corrected chi connectivity index (χ1v) is 8.31. The molecule has 5 nitrogen and oxygen atoms in total. The first kappa shape index (κ1) is 21.5. The molecular formula is C20H25FN4O. The largest absolute Gasteiger partial charge is 0.385 e. The van der Waals surface area contributed by atoms with Gasteiger partial charge in [-0.2, -0.15) is 5.26 Å². The van der Waals surface area contributed by atoms with Gasteiger partial charge in [0, 0.05) is 18.0 Å². The highest BCUT2D eigenvalue weighted by atomic mass is 19.1. The summed E-state index contributed by atoms with van der Waals surface area (Å²) in [5.74, 6) is 11.3. The summed E-state index contributed by atoms with van der Waals surface area (Å²) in [6.07, 6.45) is 8.53. The number of allylic oxidation sites excluding steroid dienone is 7. The summed E-state index contributed by atoms with van der Waals surface area (Å²) in [5, 5.41) is 26.5. The highest BCUT2D eigenvalue weighted by molar-refractivity contribution is 5.96. The fraction of sp³-hybridized carbons (Fsp3) is 0.400. The van der Waals surface area contributed by atoms with Gasteiger partial charge < -0.3 is 10.5 Å². The Labute approximate surface area is 154 Å². The number of rotatable bonds is 7. The molecule has 0 radical (unpaired) electrons. The van der Waals surface area contributed by atoms with Gasteiger partial charge in [-0.3, -0.25) is 11.3 Å². The van der Waals surface area contributed by atoms with Crippen LogP contribution in [0.25, 0.3) is 0 Å². The van der Waals surface area contributed by atoms with Gasteiger partial charge in [0.15, 0.2) is 6.17 Å². The Morgan fingerprint density at radius 3 is 3.04 bits per heavy atom. The van der Waals surface area contributed by atoms with Gasteiger partial charge in [-0.1, -0.05) is 36.6 Å². The fourth-order valence-electron chi connectivity index (χ4n) is 2.29. The molecule has 0 aliphatic heterocycles. The number of halogens is 1. The summed E-state index contributed by atoms with van der Waals surface area (Å²) < 4.78 is 14.1. The highest BCUT2D eigenvalue weighted by Gasteiger charge is 2.33. The Balaban J connectivity index is 2.54. The van der Waals surface area contributed by atoms with E-state index in [4.69, 9.17) is 16.5 Å². The van der Waals surface area contributed by atoms with E-state index in [2.05, 4.69) is 29.9 Å². The Morgan fingerprint density at radius 2 is 2.38 bits per heavy atom. The van der Waals surface area contributed by atoms with Crippen molar-refractivity contribution in [2.45, 2.75) is 38.0 Å². The van der Waals surface area contributed by atoms with Crippen molar-refractivity contribution in [3.05, 3.63) is 48.1 Å². The summed E-state index contributed by atoms with van der Waals surface area (Å²) in [6, 6.07) is 2.12. The standard InChI is InChI=1S/C20H25FN4O/c1-15(9-10-16-6-4-7-17(13-22)12-11-16)5-3-8-18(23)19(21)20(2,26)14-25-24/h3-4,7-8,12,16,19,23,25-26H,1,5-6,11,14,24H2,2H3/b8-3-,23-18?. The third-order valence-corrected chi connectivity index (χ3v) is 3.86. The van der Waals surface area contributed by atoms with Crippen molar-refractivity contribution in [1.82, 2.24) is 5.43 Å². The molecule has 138 valence electrons. The maximum absolute atomic E-state index is 14.1. The van der Waals surface area contributed by atoms with Gasteiger partial charge >= 0.3 is 0 Å². The van der Waals surface area contributed by atoms with Gasteiger partial charge in [0.1, 0.15) is 5.60 Å². The number of nitrogens with one attached hydrogen (secondary N) is 2. The maximum Gasteiger partial charge on any atom is 0.171 e. The predicted octanol–water partition coefficient (Wildman–Crippen LogP) is 2.48. The molecule has 0 fully saturated rings. The van der Waals surface area contributed by atoms with Crippen LogP contribution >= 0.6 is 0 Å². The van der Waals surface area contributed by atoms with Gasteiger partial charge in [-0.25, -0.2) is 4.39 Å². The quantitative estimate of drug-likeness (QED) is 0.243. The molecule has 1 aliphatic carbocycles. The average Bonchev–Trinajstić information content (AvgIpc) is 2.84. The van der Waals surface area contributed by atoms with Gasteiger partial charge in [0.2, 0.25) is 0 Å². The number of nitrogens with two attached hydrogens (primary N) is 1. The Morgan fingerprint density at radius 1 is 1.65 bits per heavy atom. The zero-order valence-electron chi connectivity index (χ0n) is 14.9. The van der Waals surface area contributed by atoms with Crippen molar-refractivity contribution in [2.24, 2.45) is 11.8 Å². The second kappa shape index (κ2) is 10.5. The van der Waals surface area contributed by atoms with E-state index >= 15 is 0 Å². The summed E-state index contributed by atoms with van der Waals surface area (Å²) in [4.78, 5) is 0. The van der Waals surface area contributed by atoms with E-state index in [9.17, 15) is 9.50 Å². The maximum atomic E-state index is 14.1. The van der Waals surface area contributed by atoms with Crippen molar-refractivity contribution >= 4 is 5.71 Å². The number of aliphatic hydroxyl groups is 1. The van der Waals surface area contributed by atoms with E-state index in [1.165, 1.54) is 13.0 Å². The summed E-state index contributed by atoms with van der Waals surface area (Å²) in [5.41, 5.74) is 1.41. The average molecular weight is 356 g/mol. The number of hydrogen-bond acceptors (Lipinski definition) is 5. The first-order chi connectivity index (χ1) is 12.3. The van der Waals surface area contributed by atoms with Crippen LogP contribution in [0.15, 0.2) is 48.1 Å². The number of hydrazine groups is 1. The SMILES string of the molecule is C=C(C#CC1CC=CC(C#N)=CC1)C/C=C\C(=N)C(F)C(C)(O)CNN. The molecule has 1 rings (SSSR count). The molecule has 0 aromatic carbocycles. The molecule has 3 unspecified atom stereocenters. The third-order valence-electron chi connectivity index (χ3n) is 3.86. The molecule has 3 atom stereocenters. The lowest BCUT2D eigenvalue weighted by molar-refractivity contribution is 0.0102. The molecule has 0 spiro atoms. The molecule has 0 amide bonds. The van der Waals surface area contributed by atoms with Gasteiger partial charge in [0.25, 0.3) is 0 Å². The van der Waals surface area contributed by atoms with E-state index in [1.807, 2.05) is 12.2 Å². The van der Waals surface area contributed by atoms with Gasteiger partial charge in [-0.05, 0) is 43.9 Å². The number of alkyl halides is 1. The molecule has 0 saturated heterocycles. The molecule has 1 aliphatic rings. The lowest BCUT2D eigenvalue weighted by Crippen LogP contribution is -2.50. The molecule has 0 bridgehead atoms. The lowest BCUT2D eigenvalue weighted by atomic mass is 9.96. The van der Waals surface area contributed by atoms with Crippen LogP contribution in [-0.4, -0.2) is 29.1 Å². The third kappa shape index (κ3) is 7.16. The second-order valence-electron chi connectivity index (χ2n) is 6.38. The minimum atomic E-state index is -1.85. The van der Waals surface area contributed by atoms with Crippen LogP contribution in [-0.2, 0) is 0 Å². The van der Waals surface area contributed by atoms with Crippen LogP contribution in [0.1, 0.15) is 26.2 Å². The monoisotopic (exact) mass is 356 g/mol. The van der Waals surface area contributed by atoms with E-state index in [1.54, 1.807) is 12.2 Å². The zero-order valence-corrected chi connectivity index (χ0v) is 14.9. The molecule has 0 aromatic rings. The molecule has 0 saturated carbocycles. The lowest BCUT2D eigenvalue weighted by Gasteiger charge is -2.26. The van der Waals surface area contributed by atoms with Crippen LogP contribution in [0.4, 0.5) is 4.39 Å². The van der Waals surface area contributed by atoms with Crippen molar-refractivity contribution < 1.29 is 9.50 Å². The molecule has 6 heteroatoms. The van der Waals surface area contributed by atoms with E-state index in [-0.39, 0.29) is 18.2 Å². The van der Waals surface area contributed by atoms with E-state index in [0.29, 0.717) is 24.0 Å². The Hall–Kier alpha value is -2.51. The summed E-state index contributed by atoms with van der Waals surface area (Å²) >= 11 is 0. The number of nitriles is 1. The second-order valence-corrected chi connectivity index (χ2v) is 6.38. The summed E-state index contributed by atoms with van der Waals surface area (Å²) in [6.45, 7) is 4.97. The topological polar surface area (TPSA) is 106 Å².